The van der Waals surface area contributed by atoms with E-state index in [0.717, 1.165) is 0 Å². The Morgan fingerprint density at radius 1 is 1.14 bits per heavy atom. The number of aromatic amines is 1. The van der Waals surface area contributed by atoms with Gasteiger partial charge >= 0.3 is 0 Å². The van der Waals surface area contributed by atoms with Crippen molar-refractivity contribution in [1.29, 1.82) is 0 Å². The van der Waals surface area contributed by atoms with Crippen LogP contribution in [0.2, 0.25) is 0 Å². The second-order valence-corrected chi connectivity index (χ2v) is 12.5. The molecule has 1 fully saturated rings. The Morgan fingerprint density at radius 3 is 2.39 bits per heavy atom. The number of carbonyl (C=O) groups excluding carboxylic acids is 2. The number of aromatic nitrogens is 5. The molecular weight excluding hydrogens is 592 g/mol. The third-order valence-electron chi connectivity index (χ3n) is 7.66. The Balaban J connectivity index is 1.72. The van der Waals surface area contributed by atoms with Crippen molar-refractivity contribution in [2.75, 3.05) is 6.54 Å². The predicted molar refractivity (Wildman–Crippen MR) is 150 cm³/mol. The van der Waals surface area contributed by atoms with Crippen molar-refractivity contribution in [3.05, 3.63) is 41.5 Å². The average Bonchev–Trinajstić information content (AvgIpc) is 3.57. The second kappa shape index (κ2) is 12.4. The van der Waals surface area contributed by atoms with Crippen LogP contribution in [-0.2, 0) is 4.79 Å². The number of alkyl halides is 5. The molecule has 1 aliphatic rings. The number of H-pyrrole nitrogens is 1. The molecule has 2 unspecified atom stereocenters. The highest BCUT2D eigenvalue weighted by molar-refractivity contribution is 5.91. The topological polar surface area (TPSA) is 118 Å². The zero-order valence-corrected chi connectivity index (χ0v) is 25.2. The highest BCUT2D eigenvalue weighted by atomic mass is 19.3. The molecule has 0 saturated heterocycles. The molecule has 1 aliphatic carbocycles. The molecule has 44 heavy (non-hydrogen) atoms. The van der Waals surface area contributed by atoms with Crippen LogP contribution in [0.3, 0.4) is 0 Å². The number of nitrogens with one attached hydrogen (secondary N) is 3. The smallest absolute Gasteiger partial charge is 0.289 e. The predicted octanol–water partition coefficient (Wildman–Crippen LogP) is 6.16. The fourth-order valence-corrected chi connectivity index (χ4v) is 5.42. The van der Waals surface area contributed by atoms with Crippen molar-refractivity contribution < 1.29 is 35.9 Å². The first-order valence-corrected chi connectivity index (χ1v) is 14.5. The fraction of sp³-hybridized carbons (Fsp3) is 0.621. The molecule has 15 heteroatoms. The second-order valence-electron chi connectivity index (χ2n) is 12.5. The summed E-state index contributed by atoms with van der Waals surface area (Å²) in [6.45, 7) is 6.11. The van der Waals surface area contributed by atoms with E-state index in [1.165, 1.54) is 37.0 Å². The van der Waals surface area contributed by atoms with E-state index in [-0.39, 0.29) is 47.1 Å². The normalized spacial score (nSPS) is 17.5. The van der Waals surface area contributed by atoms with E-state index in [2.05, 4.69) is 30.7 Å². The van der Waals surface area contributed by atoms with Gasteiger partial charge in [0.2, 0.25) is 23.6 Å². The average molecular weight is 630 g/mol. The molecule has 0 spiro atoms. The monoisotopic (exact) mass is 629 g/mol. The molecule has 0 radical (unpaired) electrons. The van der Waals surface area contributed by atoms with Crippen LogP contribution in [0.4, 0.5) is 26.3 Å². The number of nitrogens with zero attached hydrogens (tertiary/aromatic N) is 4. The lowest BCUT2D eigenvalue weighted by Gasteiger charge is -2.33. The Labute approximate surface area is 250 Å². The van der Waals surface area contributed by atoms with Crippen LogP contribution in [0.1, 0.15) is 107 Å². The van der Waals surface area contributed by atoms with E-state index in [1.807, 2.05) is 0 Å². The molecule has 2 atom stereocenters. The Morgan fingerprint density at radius 2 is 1.80 bits per heavy atom. The van der Waals surface area contributed by atoms with Gasteiger partial charge in [-0.15, -0.1) is 0 Å². The van der Waals surface area contributed by atoms with Gasteiger partial charge in [0, 0.05) is 30.9 Å². The lowest BCUT2D eigenvalue weighted by atomic mass is 9.81. The maximum atomic E-state index is 16.0. The van der Waals surface area contributed by atoms with E-state index in [4.69, 9.17) is 0 Å². The molecule has 3 aromatic rings. The van der Waals surface area contributed by atoms with Gasteiger partial charge in [0.15, 0.2) is 5.82 Å². The molecule has 4 rings (SSSR count). The number of halogens is 6. The molecule has 3 N–H and O–H groups in total. The van der Waals surface area contributed by atoms with Gasteiger partial charge in [0.1, 0.15) is 23.3 Å². The van der Waals surface area contributed by atoms with Gasteiger partial charge in [-0.2, -0.15) is 5.10 Å². The number of hydrogen-bond acceptors (Lipinski definition) is 5. The first-order chi connectivity index (χ1) is 20.3. The number of rotatable bonds is 11. The molecule has 2 heterocycles. The maximum Gasteiger partial charge on any atom is 0.289 e. The summed E-state index contributed by atoms with van der Waals surface area (Å²) in [5.74, 6) is -11.0. The maximum absolute atomic E-state index is 16.0. The lowest BCUT2D eigenvalue weighted by molar-refractivity contribution is -0.125. The number of benzene rings is 1. The van der Waals surface area contributed by atoms with E-state index < -0.39 is 78.8 Å². The van der Waals surface area contributed by atoms with E-state index in [0.29, 0.717) is 6.92 Å². The fourth-order valence-electron chi connectivity index (χ4n) is 5.42. The standard InChI is InChI=1S/C29H37F6N7O2/c1-15(2)42-24(37-14-38-42)26(44)41-21(16-8-10-29(34,35)11-9-16)23-39-19-7-6-17(20(30)22(19)40-23)18(12-28(5,32)33)25(43)36-13-27(3,4)31/h6-7,14-16,18,21H,8-13H2,1-5H3,(H,36,43)(H,39,40)(H,41,44). The van der Waals surface area contributed by atoms with Gasteiger partial charge in [0.05, 0.1) is 24.0 Å². The minimum absolute atomic E-state index is 0.0125. The van der Waals surface area contributed by atoms with Gasteiger partial charge < -0.3 is 15.6 Å². The molecule has 0 aliphatic heterocycles. The molecule has 0 bridgehead atoms. The van der Waals surface area contributed by atoms with Crippen LogP contribution >= 0.6 is 0 Å². The summed E-state index contributed by atoms with van der Waals surface area (Å²) in [5, 5.41) is 9.13. The van der Waals surface area contributed by atoms with Crippen LogP contribution in [-0.4, -0.2) is 60.6 Å². The van der Waals surface area contributed by atoms with Gasteiger partial charge in [-0.25, -0.2) is 41.0 Å². The molecular formula is C29H37F6N7O2. The Kier molecular flexibility index (Phi) is 9.36. The largest absolute Gasteiger partial charge is 0.352 e. The summed E-state index contributed by atoms with van der Waals surface area (Å²) >= 11 is 0. The van der Waals surface area contributed by atoms with Gasteiger partial charge in [-0.1, -0.05) is 6.07 Å². The zero-order chi connectivity index (χ0) is 32.6. The van der Waals surface area contributed by atoms with Crippen LogP contribution < -0.4 is 10.6 Å². The van der Waals surface area contributed by atoms with Crippen molar-refractivity contribution in [3.8, 4) is 0 Å². The zero-order valence-electron chi connectivity index (χ0n) is 25.2. The summed E-state index contributed by atoms with van der Waals surface area (Å²) in [7, 11) is 0. The summed E-state index contributed by atoms with van der Waals surface area (Å²) in [6, 6.07) is 1.37. The highest BCUT2D eigenvalue weighted by Crippen LogP contribution is 2.42. The molecule has 2 amide bonds. The summed E-state index contributed by atoms with van der Waals surface area (Å²) < 4.78 is 87.7. The van der Waals surface area contributed by atoms with Crippen LogP contribution in [0.5, 0.6) is 0 Å². The minimum atomic E-state index is -3.36. The van der Waals surface area contributed by atoms with Gasteiger partial charge in [-0.3, -0.25) is 9.59 Å². The van der Waals surface area contributed by atoms with Crippen LogP contribution in [0.15, 0.2) is 18.5 Å². The number of fused-ring (bicyclic) bond motifs is 1. The quantitative estimate of drug-likeness (QED) is 0.220. The summed E-state index contributed by atoms with van der Waals surface area (Å²) in [5.41, 5.74) is -2.35. The number of amides is 2. The molecule has 2 aromatic heterocycles. The molecule has 242 valence electrons. The number of hydrogen-bond donors (Lipinski definition) is 3. The van der Waals surface area contributed by atoms with Crippen molar-refractivity contribution in [1.82, 2.24) is 35.4 Å². The first-order valence-electron chi connectivity index (χ1n) is 14.5. The van der Waals surface area contributed by atoms with Gasteiger partial charge in [-0.05, 0) is 59.4 Å². The SMILES string of the molecule is CC(C)n1ncnc1C(=O)NC(c1nc2c(F)c(C(CC(C)(F)F)C(=O)NCC(C)(C)F)ccc2[nH]1)C1CCC(F)(F)CC1. The minimum Gasteiger partial charge on any atom is -0.352 e. The highest BCUT2D eigenvalue weighted by Gasteiger charge is 2.40. The molecule has 1 aromatic carbocycles. The Bertz CT molecular complexity index is 1480. The van der Waals surface area contributed by atoms with E-state index in [1.54, 1.807) is 13.8 Å². The van der Waals surface area contributed by atoms with E-state index >= 15 is 4.39 Å². The lowest BCUT2D eigenvalue weighted by Crippen LogP contribution is -2.39. The molecule has 1 saturated carbocycles. The summed E-state index contributed by atoms with van der Waals surface area (Å²) in [4.78, 5) is 37.5. The third kappa shape index (κ3) is 7.89. The van der Waals surface area contributed by atoms with Crippen LogP contribution in [0, 0.1) is 11.7 Å². The van der Waals surface area contributed by atoms with E-state index in [9.17, 15) is 31.5 Å². The first kappa shape index (κ1) is 33.2. The Hall–Kier alpha value is -3.65. The summed E-state index contributed by atoms with van der Waals surface area (Å²) in [6.07, 6.45) is -0.580. The van der Waals surface area contributed by atoms with Crippen molar-refractivity contribution in [2.24, 2.45) is 5.92 Å². The number of carbonyl (C=O) groups is 2. The molecule has 9 nitrogen and oxygen atoms in total. The van der Waals surface area contributed by atoms with Crippen molar-refractivity contribution >= 4 is 22.8 Å². The van der Waals surface area contributed by atoms with Crippen molar-refractivity contribution in [2.45, 2.75) is 102 Å². The van der Waals surface area contributed by atoms with Gasteiger partial charge in [0.25, 0.3) is 5.91 Å². The third-order valence-corrected chi connectivity index (χ3v) is 7.66. The van der Waals surface area contributed by atoms with Crippen molar-refractivity contribution in [3.63, 3.8) is 0 Å². The van der Waals surface area contributed by atoms with Crippen LogP contribution in [0.25, 0.3) is 11.0 Å². The number of imidazole rings is 1.